The molecule has 23 heavy (non-hydrogen) atoms. The average Bonchev–Trinajstić information content (AvgIpc) is 2.95. The van der Waals surface area contributed by atoms with Gasteiger partial charge in [-0.2, -0.15) is 10.5 Å². The van der Waals surface area contributed by atoms with E-state index < -0.39 is 0 Å². The number of ether oxygens (including phenoxy) is 1. The summed E-state index contributed by atoms with van der Waals surface area (Å²) in [6, 6.07) is 11.1. The largest absolute Gasteiger partial charge is 0.494 e. The number of carbonyl (C=O) groups excluding carboxylic acids is 1. The van der Waals surface area contributed by atoms with E-state index >= 15 is 0 Å². The lowest BCUT2D eigenvalue weighted by Crippen LogP contribution is -2.27. The summed E-state index contributed by atoms with van der Waals surface area (Å²) in [5.41, 5.74) is 1.01. The van der Waals surface area contributed by atoms with Crippen LogP contribution >= 0.6 is 0 Å². The molecular formula is C16H15N5O2. The molecular weight excluding hydrogens is 294 g/mol. The summed E-state index contributed by atoms with van der Waals surface area (Å²) in [6.07, 6.45) is 1.31. The molecule has 0 saturated carbocycles. The van der Waals surface area contributed by atoms with Crippen molar-refractivity contribution in [2.75, 3.05) is 6.61 Å². The molecule has 0 aliphatic heterocycles. The van der Waals surface area contributed by atoms with Crippen molar-refractivity contribution in [2.45, 2.75) is 20.0 Å². The van der Waals surface area contributed by atoms with Crippen LogP contribution in [0.4, 0.5) is 0 Å². The molecule has 1 aromatic carbocycles. The molecule has 0 fully saturated rings. The van der Waals surface area contributed by atoms with Crippen LogP contribution in [0.1, 0.15) is 23.9 Å². The quantitative estimate of drug-likeness (QED) is 0.867. The van der Waals surface area contributed by atoms with Gasteiger partial charge in [0.05, 0.1) is 12.9 Å². The summed E-state index contributed by atoms with van der Waals surface area (Å²) in [4.78, 5) is 15.8. The highest BCUT2D eigenvalue weighted by Crippen LogP contribution is 2.13. The topological polar surface area (TPSA) is 104 Å². The van der Waals surface area contributed by atoms with Gasteiger partial charge in [-0.1, -0.05) is 12.1 Å². The highest BCUT2D eigenvalue weighted by molar-refractivity contribution is 5.76. The molecule has 0 radical (unpaired) electrons. The van der Waals surface area contributed by atoms with Gasteiger partial charge in [0.2, 0.25) is 5.91 Å². The fourth-order valence-electron chi connectivity index (χ4n) is 2.02. The zero-order chi connectivity index (χ0) is 16.7. The van der Waals surface area contributed by atoms with E-state index in [0.29, 0.717) is 13.2 Å². The first kappa shape index (κ1) is 16.1. The number of imidazole rings is 1. The molecule has 7 nitrogen and oxygen atoms in total. The summed E-state index contributed by atoms with van der Waals surface area (Å²) < 4.78 is 6.75. The Morgan fingerprint density at radius 2 is 2.22 bits per heavy atom. The molecule has 116 valence electrons. The molecule has 1 aromatic heterocycles. The van der Waals surface area contributed by atoms with Crippen LogP contribution in [-0.2, 0) is 17.9 Å². The van der Waals surface area contributed by atoms with Crippen molar-refractivity contribution >= 4 is 5.91 Å². The number of nitrogens with one attached hydrogen (secondary N) is 1. The Bertz CT molecular complexity index is 782. The Balaban J connectivity index is 1.96. The summed E-state index contributed by atoms with van der Waals surface area (Å²) in [7, 11) is 0. The van der Waals surface area contributed by atoms with Crippen LogP contribution < -0.4 is 10.1 Å². The molecule has 0 saturated heterocycles. The van der Waals surface area contributed by atoms with Gasteiger partial charge in [0.15, 0.2) is 11.4 Å². The monoisotopic (exact) mass is 309 g/mol. The first-order valence-electron chi connectivity index (χ1n) is 7.01. The fraction of sp³-hybridized carbons (Fsp3) is 0.250. The molecule has 2 aromatic rings. The smallest absolute Gasteiger partial charge is 0.240 e. The van der Waals surface area contributed by atoms with Gasteiger partial charge in [-0.3, -0.25) is 4.79 Å². The van der Waals surface area contributed by atoms with Crippen LogP contribution in [0.25, 0.3) is 0 Å². The van der Waals surface area contributed by atoms with Gasteiger partial charge in [0, 0.05) is 6.54 Å². The number of nitrogens with zero attached hydrogens (tertiary/aromatic N) is 4. The Labute approximate surface area is 133 Å². The molecule has 0 aliphatic carbocycles. The normalized spacial score (nSPS) is 9.70. The third-order valence-electron chi connectivity index (χ3n) is 3.06. The van der Waals surface area contributed by atoms with E-state index in [2.05, 4.69) is 10.3 Å². The molecule has 2 rings (SSSR count). The molecule has 7 heteroatoms. The van der Waals surface area contributed by atoms with Crippen molar-refractivity contribution < 1.29 is 9.53 Å². The number of benzene rings is 1. The molecule has 0 atom stereocenters. The number of hydrogen-bond donors (Lipinski definition) is 1. The number of aromatic nitrogens is 2. The number of rotatable bonds is 6. The van der Waals surface area contributed by atoms with Crippen molar-refractivity contribution in [1.82, 2.24) is 14.9 Å². The lowest BCUT2D eigenvalue weighted by Gasteiger charge is -2.08. The highest BCUT2D eigenvalue weighted by atomic mass is 16.5. The maximum Gasteiger partial charge on any atom is 0.240 e. The lowest BCUT2D eigenvalue weighted by molar-refractivity contribution is -0.121. The summed E-state index contributed by atoms with van der Waals surface area (Å²) >= 11 is 0. The number of hydrogen-bond acceptors (Lipinski definition) is 5. The predicted molar refractivity (Wildman–Crippen MR) is 81.1 cm³/mol. The minimum Gasteiger partial charge on any atom is -0.494 e. The summed E-state index contributed by atoms with van der Waals surface area (Å²) in [5.74, 6) is 0.476. The molecule has 0 spiro atoms. The van der Waals surface area contributed by atoms with Gasteiger partial charge in [0.25, 0.3) is 0 Å². The van der Waals surface area contributed by atoms with Crippen LogP contribution in [0.3, 0.4) is 0 Å². The molecule has 1 amide bonds. The second-order valence-corrected chi connectivity index (χ2v) is 4.65. The standard InChI is InChI=1S/C16H15N5O2/c1-2-23-13-5-3-4-12(6-13)9-19-16(22)10-21-11-20-14(7-17)15(21)8-18/h3-6,11H,2,9-10H2,1H3,(H,19,22). The van der Waals surface area contributed by atoms with Crippen molar-refractivity contribution in [3.63, 3.8) is 0 Å². The third kappa shape index (κ3) is 4.08. The van der Waals surface area contributed by atoms with Gasteiger partial charge in [-0.15, -0.1) is 0 Å². The fourth-order valence-corrected chi connectivity index (χ4v) is 2.02. The number of amides is 1. The Morgan fingerprint density at radius 1 is 1.39 bits per heavy atom. The zero-order valence-electron chi connectivity index (χ0n) is 12.6. The van der Waals surface area contributed by atoms with E-state index in [1.54, 1.807) is 0 Å². The molecule has 0 aliphatic rings. The van der Waals surface area contributed by atoms with E-state index in [-0.39, 0.29) is 23.8 Å². The van der Waals surface area contributed by atoms with Gasteiger partial charge in [-0.25, -0.2) is 4.98 Å². The Morgan fingerprint density at radius 3 is 2.91 bits per heavy atom. The minimum atomic E-state index is -0.273. The maximum atomic E-state index is 12.0. The third-order valence-corrected chi connectivity index (χ3v) is 3.06. The lowest BCUT2D eigenvalue weighted by atomic mass is 10.2. The van der Waals surface area contributed by atoms with Crippen LogP contribution in [0, 0.1) is 22.7 Å². The van der Waals surface area contributed by atoms with Crippen LogP contribution in [0.2, 0.25) is 0 Å². The van der Waals surface area contributed by atoms with Gasteiger partial charge in [-0.05, 0) is 24.6 Å². The second-order valence-electron chi connectivity index (χ2n) is 4.65. The average molecular weight is 309 g/mol. The number of nitriles is 2. The van der Waals surface area contributed by atoms with E-state index in [1.807, 2.05) is 43.3 Å². The Hall–Kier alpha value is -3.32. The first-order valence-corrected chi connectivity index (χ1v) is 7.01. The van der Waals surface area contributed by atoms with Crippen molar-refractivity contribution in [3.05, 3.63) is 47.5 Å². The van der Waals surface area contributed by atoms with Gasteiger partial charge in [0.1, 0.15) is 24.4 Å². The SMILES string of the molecule is CCOc1cccc(CNC(=O)Cn2cnc(C#N)c2C#N)c1. The van der Waals surface area contributed by atoms with Crippen LogP contribution in [0.15, 0.2) is 30.6 Å². The van der Waals surface area contributed by atoms with E-state index in [9.17, 15) is 4.79 Å². The summed E-state index contributed by atoms with van der Waals surface area (Å²) in [5, 5.41) is 20.6. The second kappa shape index (κ2) is 7.62. The van der Waals surface area contributed by atoms with E-state index in [1.165, 1.54) is 10.9 Å². The van der Waals surface area contributed by atoms with Crippen LogP contribution in [-0.4, -0.2) is 22.1 Å². The highest BCUT2D eigenvalue weighted by Gasteiger charge is 2.12. The van der Waals surface area contributed by atoms with Gasteiger partial charge < -0.3 is 14.6 Å². The Kier molecular flexibility index (Phi) is 5.32. The molecule has 1 heterocycles. The predicted octanol–water partition coefficient (Wildman–Crippen LogP) is 1.34. The van der Waals surface area contributed by atoms with Crippen molar-refractivity contribution in [2.24, 2.45) is 0 Å². The maximum absolute atomic E-state index is 12.0. The summed E-state index contributed by atoms with van der Waals surface area (Å²) in [6.45, 7) is 2.76. The minimum absolute atomic E-state index is 0.0183. The van der Waals surface area contributed by atoms with Crippen molar-refractivity contribution in [1.29, 1.82) is 10.5 Å². The van der Waals surface area contributed by atoms with E-state index in [0.717, 1.165) is 11.3 Å². The zero-order valence-corrected chi connectivity index (χ0v) is 12.6. The first-order chi connectivity index (χ1) is 11.2. The van der Waals surface area contributed by atoms with E-state index in [4.69, 9.17) is 15.3 Å². The molecule has 1 N–H and O–H groups in total. The van der Waals surface area contributed by atoms with Gasteiger partial charge >= 0.3 is 0 Å². The number of carbonyl (C=O) groups is 1. The van der Waals surface area contributed by atoms with Crippen molar-refractivity contribution in [3.8, 4) is 17.9 Å². The molecule has 0 bridgehead atoms. The molecule has 0 unspecified atom stereocenters. The van der Waals surface area contributed by atoms with Crippen LogP contribution in [0.5, 0.6) is 5.75 Å².